The van der Waals surface area contributed by atoms with Gasteiger partial charge in [0.1, 0.15) is 5.82 Å². The molecular formula is C15H20FN3O2S. The summed E-state index contributed by atoms with van der Waals surface area (Å²) in [5, 5.41) is 2.84. The number of rotatable bonds is 5. The third kappa shape index (κ3) is 3.52. The Morgan fingerprint density at radius 2 is 1.91 bits per heavy atom. The van der Waals surface area contributed by atoms with Crippen LogP contribution in [0.25, 0.3) is 0 Å². The Labute approximate surface area is 133 Å². The highest BCUT2D eigenvalue weighted by Crippen LogP contribution is 2.23. The first kappa shape index (κ1) is 16.6. The van der Waals surface area contributed by atoms with Crippen molar-refractivity contribution in [1.82, 2.24) is 15.1 Å². The molecule has 1 aromatic rings. The first-order chi connectivity index (χ1) is 10.4. The quantitative estimate of drug-likeness (QED) is 0.904. The normalized spacial score (nSPS) is 18.9. The molecule has 1 unspecified atom stereocenters. The summed E-state index contributed by atoms with van der Waals surface area (Å²) in [5.41, 5.74) is 0.404. The summed E-state index contributed by atoms with van der Waals surface area (Å²) in [4.78, 5) is 27.5. The maximum absolute atomic E-state index is 13.0. The molecule has 0 bridgehead atoms. The van der Waals surface area contributed by atoms with Crippen LogP contribution in [0.3, 0.4) is 0 Å². The van der Waals surface area contributed by atoms with Crippen molar-refractivity contribution in [3.05, 3.63) is 35.6 Å². The van der Waals surface area contributed by atoms with E-state index in [4.69, 9.17) is 0 Å². The van der Waals surface area contributed by atoms with Gasteiger partial charge in [-0.3, -0.25) is 4.90 Å². The lowest BCUT2D eigenvalue weighted by atomic mass is 10.2. The van der Waals surface area contributed by atoms with Crippen molar-refractivity contribution >= 4 is 23.8 Å². The van der Waals surface area contributed by atoms with E-state index in [0.29, 0.717) is 6.54 Å². The Bertz CT molecular complexity index is 550. The van der Waals surface area contributed by atoms with Crippen molar-refractivity contribution in [2.45, 2.75) is 38.9 Å². The molecule has 5 nitrogen and oxygen atoms in total. The van der Waals surface area contributed by atoms with E-state index >= 15 is 0 Å². The molecule has 0 aliphatic carbocycles. The smallest absolute Gasteiger partial charge is 0.308 e. The summed E-state index contributed by atoms with van der Waals surface area (Å²) >= 11 is 1.48. The zero-order valence-corrected chi connectivity index (χ0v) is 13.7. The number of carbonyl (C=O) groups is 2. The Morgan fingerprint density at radius 3 is 2.45 bits per heavy atom. The van der Waals surface area contributed by atoms with E-state index in [2.05, 4.69) is 5.32 Å². The average Bonchev–Trinajstić information content (AvgIpc) is 2.45. The van der Waals surface area contributed by atoms with Crippen LogP contribution in [-0.4, -0.2) is 39.2 Å². The number of nitrogens with one attached hydrogen (secondary N) is 1. The number of hydrogen-bond acceptors (Lipinski definition) is 3. The SMILES string of the molecule is CCSC1NC(=O)N(C(C)C)C(=O)N1Cc1ccc(F)cc1. The molecule has 4 amide bonds. The summed E-state index contributed by atoms with van der Waals surface area (Å²) in [6.07, 6.45) is 0. The number of amides is 4. The minimum absolute atomic E-state index is 0.226. The Hall–Kier alpha value is -1.76. The summed E-state index contributed by atoms with van der Waals surface area (Å²) < 4.78 is 13.0. The molecule has 7 heteroatoms. The van der Waals surface area contributed by atoms with Gasteiger partial charge in [-0.25, -0.2) is 18.9 Å². The molecule has 0 saturated carbocycles. The second-order valence-corrected chi connectivity index (χ2v) is 6.62. The molecule has 0 radical (unpaired) electrons. The van der Waals surface area contributed by atoms with Gasteiger partial charge in [-0.2, -0.15) is 0 Å². The maximum Gasteiger partial charge on any atom is 0.331 e. The van der Waals surface area contributed by atoms with Gasteiger partial charge in [0.15, 0.2) is 5.50 Å². The van der Waals surface area contributed by atoms with Gasteiger partial charge in [-0.1, -0.05) is 19.1 Å². The fraction of sp³-hybridized carbons (Fsp3) is 0.467. The number of benzene rings is 1. The predicted molar refractivity (Wildman–Crippen MR) is 84.8 cm³/mol. The lowest BCUT2D eigenvalue weighted by molar-refractivity contribution is 0.112. The number of imide groups is 1. The molecule has 1 aliphatic heterocycles. The molecule has 0 spiro atoms. The predicted octanol–water partition coefficient (Wildman–Crippen LogP) is 3.22. The van der Waals surface area contributed by atoms with Crippen molar-refractivity contribution in [2.24, 2.45) is 0 Å². The van der Waals surface area contributed by atoms with Gasteiger partial charge in [-0.15, -0.1) is 11.8 Å². The molecule has 0 aromatic heterocycles. The average molecular weight is 325 g/mol. The lowest BCUT2D eigenvalue weighted by Gasteiger charge is -2.42. The molecule has 1 fully saturated rings. The number of hydrogen-bond donors (Lipinski definition) is 1. The first-order valence-electron chi connectivity index (χ1n) is 7.20. The zero-order chi connectivity index (χ0) is 16.3. The van der Waals surface area contributed by atoms with E-state index in [9.17, 15) is 14.0 Å². The number of urea groups is 2. The van der Waals surface area contributed by atoms with Crippen LogP contribution in [0.1, 0.15) is 26.3 Å². The molecule has 1 aliphatic rings. The van der Waals surface area contributed by atoms with Crippen molar-refractivity contribution in [3.63, 3.8) is 0 Å². The van der Waals surface area contributed by atoms with Crippen molar-refractivity contribution in [1.29, 1.82) is 0 Å². The number of nitrogens with zero attached hydrogens (tertiary/aromatic N) is 2. The molecule has 1 heterocycles. The zero-order valence-electron chi connectivity index (χ0n) is 12.9. The molecule has 1 atom stereocenters. The maximum atomic E-state index is 13.0. The molecular weight excluding hydrogens is 305 g/mol. The second kappa shape index (κ2) is 7.00. The summed E-state index contributed by atoms with van der Waals surface area (Å²) in [6, 6.07) is 5.10. The minimum Gasteiger partial charge on any atom is -0.308 e. The highest BCUT2D eigenvalue weighted by atomic mass is 32.2. The molecule has 120 valence electrons. The van der Waals surface area contributed by atoms with Crippen LogP contribution in [0.5, 0.6) is 0 Å². The van der Waals surface area contributed by atoms with Crippen LogP contribution in [0.2, 0.25) is 0 Å². The van der Waals surface area contributed by atoms with E-state index in [0.717, 1.165) is 11.3 Å². The Kier molecular flexibility index (Phi) is 5.28. The van der Waals surface area contributed by atoms with Crippen molar-refractivity contribution in [3.8, 4) is 0 Å². The lowest BCUT2D eigenvalue weighted by Crippen LogP contribution is -2.64. The molecule has 1 N–H and O–H groups in total. The largest absolute Gasteiger partial charge is 0.331 e. The van der Waals surface area contributed by atoms with E-state index in [-0.39, 0.29) is 23.9 Å². The van der Waals surface area contributed by atoms with Gasteiger partial charge in [-0.05, 0) is 37.3 Å². The monoisotopic (exact) mass is 325 g/mol. The number of carbonyl (C=O) groups excluding carboxylic acids is 2. The molecule has 22 heavy (non-hydrogen) atoms. The van der Waals surface area contributed by atoms with Crippen LogP contribution in [0.4, 0.5) is 14.0 Å². The van der Waals surface area contributed by atoms with E-state index in [1.165, 1.54) is 28.8 Å². The second-order valence-electron chi connectivity index (χ2n) is 5.26. The van der Waals surface area contributed by atoms with E-state index < -0.39 is 5.50 Å². The number of thioether (sulfide) groups is 1. The van der Waals surface area contributed by atoms with Crippen LogP contribution < -0.4 is 5.32 Å². The summed E-state index contributed by atoms with van der Waals surface area (Å²) in [7, 11) is 0. The highest BCUT2D eigenvalue weighted by molar-refractivity contribution is 7.99. The van der Waals surface area contributed by atoms with Gasteiger partial charge < -0.3 is 5.32 Å². The van der Waals surface area contributed by atoms with Crippen LogP contribution in [-0.2, 0) is 6.54 Å². The fourth-order valence-electron chi connectivity index (χ4n) is 2.26. The Balaban J connectivity index is 2.24. The van der Waals surface area contributed by atoms with Crippen molar-refractivity contribution in [2.75, 3.05) is 5.75 Å². The van der Waals surface area contributed by atoms with Crippen LogP contribution >= 0.6 is 11.8 Å². The topological polar surface area (TPSA) is 52.7 Å². The van der Waals surface area contributed by atoms with Crippen molar-refractivity contribution < 1.29 is 14.0 Å². The van der Waals surface area contributed by atoms with Gasteiger partial charge in [0, 0.05) is 6.04 Å². The van der Waals surface area contributed by atoms with Crippen LogP contribution in [0.15, 0.2) is 24.3 Å². The Morgan fingerprint density at radius 1 is 1.27 bits per heavy atom. The standard InChI is InChI=1S/C15H20FN3O2S/c1-4-22-14-17-13(20)19(10(2)3)15(21)18(14)9-11-5-7-12(16)8-6-11/h5-8,10,14H,4,9H2,1-3H3,(H,17,20). The van der Waals surface area contributed by atoms with Gasteiger partial charge in [0.05, 0.1) is 6.54 Å². The van der Waals surface area contributed by atoms with E-state index in [1.807, 2.05) is 6.92 Å². The van der Waals surface area contributed by atoms with Gasteiger partial charge in [0.25, 0.3) is 0 Å². The third-order valence-corrected chi connectivity index (χ3v) is 4.33. The van der Waals surface area contributed by atoms with E-state index in [1.54, 1.807) is 30.9 Å². The third-order valence-electron chi connectivity index (χ3n) is 3.31. The molecule has 2 rings (SSSR count). The first-order valence-corrected chi connectivity index (χ1v) is 8.25. The number of halogens is 1. The van der Waals surface area contributed by atoms with Crippen LogP contribution in [0, 0.1) is 5.82 Å². The fourth-order valence-corrected chi connectivity index (χ4v) is 3.11. The highest BCUT2D eigenvalue weighted by Gasteiger charge is 2.39. The molecule has 1 saturated heterocycles. The summed E-state index contributed by atoms with van der Waals surface area (Å²) in [5.74, 6) is 0.449. The summed E-state index contributed by atoms with van der Waals surface area (Å²) in [6.45, 7) is 5.87. The van der Waals surface area contributed by atoms with Gasteiger partial charge >= 0.3 is 12.1 Å². The molecule has 1 aromatic carbocycles. The van der Waals surface area contributed by atoms with Gasteiger partial charge in [0.2, 0.25) is 0 Å². The minimum atomic E-state index is -0.412.